The van der Waals surface area contributed by atoms with Crippen LogP contribution >= 0.6 is 0 Å². The molecule has 2 N–H and O–H groups in total. The Balaban J connectivity index is 2.16. The summed E-state index contributed by atoms with van der Waals surface area (Å²) in [4.78, 5) is 2.57. The molecule has 0 aliphatic carbocycles. The molecule has 1 saturated heterocycles. The molecule has 1 aliphatic heterocycles. The molecule has 114 valence electrons. The van der Waals surface area contributed by atoms with Gasteiger partial charge in [-0.05, 0) is 43.4 Å². The Labute approximate surface area is 128 Å². The summed E-state index contributed by atoms with van der Waals surface area (Å²) in [5.41, 5.74) is 7.68. The number of piperidine rings is 1. The second-order valence-electron chi connectivity index (χ2n) is 6.00. The van der Waals surface area contributed by atoms with Crippen LogP contribution in [-0.4, -0.2) is 31.1 Å². The first-order chi connectivity index (χ1) is 10.1. The third kappa shape index (κ3) is 4.23. The van der Waals surface area contributed by atoms with Crippen molar-refractivity contribution in [3.05, 3.63) is 29.3 Å². The quantitative estimate of drug-likeness (QED) is 0.868. The summed E-state index contributed by atoms with van der Waals surface area (Å²) in [7, 11) is 1.68. The van der Waals surface area contributed by atoms with Crippen LogP contribution in [0, 0.1) is 17.8 Å². The van der Waals surface area contributed by atoms with E-state index in [-0.39, 0.29) is 0 Å². The molecule has 0 bridgehead atoms. The summed E-state index contributed by atoms with van der Waals surface area (Å²) in [6, 6.07) is 6.93. The van der Waals surface area contributed by atoms with Gasteiger partial charge < -0.3 is 10.5 Å². The van der Waals surface area contributed by atoms with Crippen molar-refractivity contribution in [2.45, 2.75) is 39.3 Å². The maximum absolute atomic E-state index is 5.47. The number of nitrogens with zero attached hydrogens (tertiary/aromatic N) is 1. The molecule has 3 nitrogen and oxygen atoms in total. The summed E-state index contributed by atoms with van der Waals surface area (Å²) in [5.74, 6) is 7.62. The first kappa shape index (κ1) is 15.9. The number of methoxy groups -OCH3 is 1. The zero-order chi connectivity index (χ0) is 15.2. The molecule has 1 heterocycles. The summed E-state index contributed by atoms with van der Waals surface area (Å²) >= 11 is 0. The highest BCUT2D eigenvalue weighted by Gasteiger charge is 2.22. The van der Waals surface area contributed by atoms with E-state index in [9.17, 15) is 0 Å². The van der Waals surface area contributed by atoms with Gasteiger partial charge in [0.05, 0.1) is 19.2 Å². The standard InChI is InChI=1S/C18H26N2O/c1-14-6-7-15(2)20(12-14)13-16-8-9-18(21-3)17(11-16)5-4-10-19/h8-9,11,14-15H,6-7,10,12-13,19H2,1-3H3. The molecule has 1 fully saturated rings. The first-order valence-electron chi connectivity index (χ1n) is 7.74. The Bertz CT molecular complexity index is 530. The second-order valence-corrected chi connectivity index (χ2v) is 6.00. The van der Waals surface area contributed by atoms with E-state index in [4.69, 9.17) is 10.5 Å². The molecule has 2 unspecified atom stereocenters. The van der Waals surface area contributed by atoms with Crippen LogP contribution in [0.25, 0.3) is 0 Å². The van der Waals surface area contributed by atoms with Gasteiger partial charge in [0.25, 0.3) is 0 Å². The summed E-state index contributed by atoms with van der Waals surface area (Å²) < 4.78 is 5.37. The van der Waals surface area contributed by atoms with E-state index >= 15 is 0 Å². The fourth-order valence-electron chi connectivity index (χ4n) is 2.93. The molecular weight excluding hydrogens is 260 g/mol. The van der Waals surface area contributed by atoms with E-state index in [1.54, 1.807) is 7.11 Å². The van der Waals surface area contributed by atoms with Gasteiger partial charge in [-0.2, -0.15) is 0 Å². The summed E-state index contributed by atoms with van der Waals surface area (Å²) in [5, 5.41) is 0. The average molecular weight is 286 g/mol. The molecule has 21 heavy (non-hydrogen) atoms. The molecule has 2 rings (SSSR count). The lowest BCUT2D eigenvalue weighted by atomic mass is 9.94. The maximum atomic E-state index is 5.47. The number of nitrogens with two attached hydrogens (primary N) is 1. The average Bonchev–Trinajstić information content (AvgIpc) is 2.49. The smallest absolute Gasteiger partial charge is 0.134 e. The van der Waals surface area contributed by atoms with Crippen LogP contribution in [-0.2, 0) is 6.54 Å². The van der Waals surface area contributed by atoms with Gasteiger partial charge in [-0.3, -0.25) is 4.90 Å². The van der Waals surface area contributed by atoms with Crippen molar-refractivity contribution in [1.82, 2.24) is 4.90 Å². The number of likely N-dealkylation sites (tertiary alicyclic amines) is 1. The minimum Gasteiger partial charge on any atom is -0.495 e. The van der Waals surface area contributed by atoms with Gasteiger partial charge in [-0.1, -0.05) is 24.8 Å². The normalized spacial score (nSPS) is 22.5. The lowest BCUT2D eigenvalue weighted by molar-refractivity contribution is 0.117. The molecule has 0 saturated carbocycles. The zero-order valence-electron chi connectivity index (χ0n) is 13.4. The number of ether oxygens (including phenoxy) is 1. The van der Waals surface area contributed by atoms with Crippen molar-refractivity contribution in [3.63, 3.8) is 0 Å². The van der Waals surface area contributed by atoms with Crippen molar-refractivity contribution < 1.29 is 4.74 Å². The number of rotatable bonds is 3. The largest absolute Gasteiger partial charge is 0.495 e. The van der Waals surface area contributed by atoms with E-state index < -0.39 is 0 Å². The molecule has 0 radical (unpaired) electrons. The highest BCUT2D eigenvalue weighted by atomic mass is 16.5. The SMILES string of the molecule is COc1ccc(CN2CC(C)CCC2C)cc1C#CCN. The van der Waals surface area contributed by atoms with E-state index in [0.717, 1.165) is 23.8 Å². The van der Waals surface area contributed by atoms with Gasteiger partial charge in [0.2, 0.25) is 0 Å². The number of benzene rings is 1. The molecule has 2 atom stereocenters. The van der Waals surface area contributed by atoms with Crippen LogP contribution in [0.1, 0.15) is 37.8 Å². The highest BCUT2D eigenvalue weighted by Crippen LogP contribution is 2.25. The highest BCUT2D eigenvalue weighted by molar-refractivity contribution is 5.48. The third-order valence-electron chi connectivity index (χ3n) is 4.22. The predicted molar refractivity (Wildman–Crippen MR) is 87.2 cm³/mol. The second kappa shape index (κ2) is 7.49. The van der Waals surface area contributed by atoms with E-state index in [1.807, 2.05) is 6.07 Å². The molecule has 1 aliphatic rings. The first-order valence-corrected chi connectivity index (χ1v) is 7.74. The molecule has 0 aromatic heterocycles. The molecule has 0 spiro atoms. The van der Waals surface area contributed by atoms with Gasteiger partial charge >= 0.3 is 0 Å². The van der Waals surface area contributed by atoms with Gasteiger partial charge in [0.1, 0.15) is 5.75 Å². The molecular formula is C18H26N2O. The molecule has 1 aromatic carbocycles. The molecule has 1 aromatic rings. The molecule has 3 heteroatoms. The van der Waals surface area contributed by atoms with Crippen molar-refractivity contribution >= 4 is 0 Å². The number of hydrogen-bond donors (Lipinski definition) is 1. The van der Waals surface area contributed by atoms with Crippen LogP contribution < -0.4 is 10.5 Å². The van der Waals surface area contributed by atoms with Gasteiger partial charge in [-0.15, -0.1) is 0 Å². The topological polar surface area (TPSA) is 38.5 Å². The number of hydrogen-bond acceptors (Lipinski definition) is 3. The Morgan fingerprint density at radius 3 is 2.86 bits per heavy atom. The van der Waals surface area contributed by atoms with Crippen molar-refractivity contribution in [3.8, 4) is 17.6 Å². The van der Waals surface area contributed by atoms with Crippen LogP contribution in [0.2, 0.25) is 0 Å². The van der Waals surface area contributed by atoms with E-state index in [2.05, 4.69) is 42.7 Å². The summed E-state index contributed by atoms with van der Waals surface area (Å²) in [6.07, 6.45) is 2.63. The minimum absolute atomic E-state index is 0.369. The lowest BCUT2D eigenvalue weighted by Crippen LogP contribution is -2.40. The van der Waals surface area contributed by atoms with Crippen LogP contribution in [0.5, 0.6) is 5.75 Å². The zero-order valence-corrected chi connectivity index (χ0v) is 13.4. The Morgan fingerprint density at radius 2 is 2.14 bits per heavy atom. The van der Waals surface area contributed by atoms with E-state index in [0.29, 0.717) is 12.6 Å². The Morgan fingerprint density at radius 1 is 1.33 bits per heavy atom. The monoisotopic (exact) mass is 286 g/mol. The van der Waals surface area contributed by atoms with Gasteiger partial charge in [-0.25, -0.2) is 0 Å². The molecule has 0 amide bonds. The fraction of sp³-hybridized carbons (Fsp3) is 0.556. The van der Waals surface area contributed by atoms with E-state index in [1.165, 1.54) is 24.9 Å². The lowest BCUT2D eigenvalue weighted by Gasteiger charge is -2.36. The Hall–Kier alpha value is -1.50. The minimum atomic E-state index is 0.369. The fourth-order valence-corrected chi connectivity index (χ4v) is 2.93. The van der Waals surface area contributed by atoms with Gasteiger partial charge in [0, 0.05) is 19.1 Å². The predicted octanol–water partition coefficient (Wildman–Crippen LogP) is 2.63. The van der Waals surface area contributed by atoms with Crippen molar-refractivity contribution in [2.24, 2.45) is 11.7 Å². The maximum Gasteiger partial charge on any atom is 0.134 e. The van der Waals surface area contributed by atoms with Crippen LogP contribution in [0.3, 0.4) is 0 Å². The third-order valence-corrected chi connectivity index (χ3v) is 4.22. The van der Waals surface area contributed by atoms with Crippen molar-refractivity contribution in [1.29, 1.82) is 0 Å². The van der Waals surface area contributed by atoms with Crippen molar-refractivity contribution in [2.75, 3.05) is 20.2 Å². The van der Waals surface area contributed by atoms with Crippen LogP contribution in [0.15, 0.2) is 18.2 Å². The van der Waals surface area contributed by atoms with Gasteiger partial charge in [0.15, 0.2) is 0 Å². The van der Waals surface area contributed by atoms with Crippen LogP contribution in [0.4, 0.5) is 0 Å². The Kier molecular flexibility index (Phi) is 5.67. The summed E-state index contributed by atoms with van der Waals surface area (Å²) in [6.45, 7) is 7.19.